The highest BCUT2D eigenvalue weighted by molar-refractivity contribution is 7.19. The van der Waals surface area contributed by atoms with Gasteiger partial charge in [0.1, 0.15) is 16.5 Å². The summed E-state index contributed by atoms with van der Waals surface area (Å²) in [7, 11) is 0. The van der Waals surface area contributed by atoms with Crippen LogP contribution in [0.15, 0.2) is 0 Å². The predicted octanol–water partition coefficient (Wildman–Crippen LogP) is 4.30. The molecular formula is C23H33N5OS. The first-order chi connectivity index (χ1) is 14.7. The maximum atomic E-state index is 12.7. The van der Waals surface area contributed by atoms with Crippen LogP contribution >= 0.6 is 11.3 Å². The maximum absolute atomic E-state index is 12.7. The zero-order valence-corrected chi connectivity index (χ0v) is 18.9. The second-order valence-corrected chi connectivity index (χ2v) is 10.1. The zero-order chi connectivity index (χ0) is 20.5. The molecule has 0 bridgehead atoms. The van der Waals surface area contributed by atoms with E-state index in [1.165, 1.54) is 59.2 Å². The SMILES string of the molecule is CCc1nc(N2CCN(C(=O)NC3CCCCC3)CC2)c2c3c(sc2n1)CCCC3. The molecule has 30 heavy (non-hydrogen) atoms. The standard InChI is InChI=1S/C23H33N5OS/c1-2-19-25-21(20-17-10-6-7-11-18(17)30-22(20)26-19)27-12-14-28(15-13-27)23(29)24-16-8-4-3-5-9-16/h16H,2-15H2,1H3,(H,24,29). The molecule has 2 aromatic rings. The van der Waals surface area contributed by atoms with Gasteiger partial charge in [-0.3, -0.25) is 0 Å². The summed E-state index contributed by atoms with van der Waals surface area (Å²) in [4.78, 5) is 29.7. The molecule has 2 aromatic heterocycles. The number of aromatic nitrogens is 2. The van der Waals surface area contributed by atoms with E-state index in [4.69, 9.17) is 9.97 Å². The second-order valence-electron chi connectivity index (χ2n) is 8.97. The molecule has 0 atom stereocenters. The van der Waals surface area contributed by atoms with Crippen LogP contribution in [0.4, 0.5) is 10.6 Å². The Hall–Kier alpha value is -1.89. The van der Waals surface area contributed by atoms with Gasteiger partial charge in [0.25, 0.3) is 0 Å². The number of urea groups is 1. The Kier molecular flexibility index (Phi) is 5.81. The van der Waals surface area contributed by atoms with Gasteiger partial charge in [0.15, 0.2) is 0 Å². The van der Waals surface area contributed by atoms with E-state index in [1.807, 2.05) is 16.2 Å². The number of fused-ring (bicyclic) bond motifs is 3. The van der Waals surface area contributed by atoms with Crippen LogP contribution in [0.3, 0.4) is 0 Å². The van der Waals surface area contributed by atoms with E-state index in [2.05, 4.69) is 17.1 Å². The Labute approximate surface area is 183 Å². The highest BCUT2D eigenvalue weighted by Crippen LogP contribution is 2.40. The van der Waals surface area contributed by atoms with Gasteiger partial charge in [-0.05, 0) is 44.1 Å². The number of thiophene rings is 1. The minimum Gasteiger partial charge on any atom is -0.352 e. The Balaban J connectivity index is 1.33. The summed E-state index contributed by atoms with van der Waals surface area (Å²) in [6.07, 6.45) is 11.8. The number of carbonyl (C=O) groups is 1. The first-order valence-electron chi connectivity index (χ1n) is 11.8. The number of nitrogens with one attached hydrogen (secondary N) is 1. The third-order valence-electron chi connectivity index (χ3n) is 6.96. The van der Waals surface area contributed by atoms with Gasteiger partial charge < -0.3 is 15.1 Å². The lowest BCUT2D eigenvalue weighted by molar-refractivity contribution is 0.186. The zero-order valence-electron chi connectivity index (χ0n) is 18.1. The maximum Gasteiger partial charge on any atom is 0.317 e. The van der Waals surface area contributed by atoms with Crippen molar-refractivity contribution in [1.82, 2.24) is 20.2 Å². The average Bonchev–Trinajstić information content (AvgIpc) is 3.17. The lowest BCUT2D eigenvalue weighted by atomic mass is 9.96. The van der Waals surface area contributed by atoms with Crippen LogP contribution in [-0.4, -0.2) is 53.1 Å². The van der Waals surface area contributed by atoms with Gasteiger partial charge in [-0.1, -0.05) is 26.2 Å². The third-order valence-corrected chi connectivity index (χ3v) is 8.14. The number of hydrogen-bond donors (Lipinski definition) is 1. The fourth-order valence-corrected chi connectivity index (χ4v) is 6.48. The third kappa shape index (κ3) is 3.88. The molecule has 0 spiro atoms. The molecule has 162 valence electrons. The van der Waals surface area contributed by atoms with Crippen LogP contribution in [0.1, 0.15) is 68.1 Å². The summed E-state index contributed by atoms with van der Waals surface area (Å²) in [6, 6.07) is 0.492. The number of amides is 2. The number of anilines is 1. The average molecular weight is 428 g/mol. The van der Waals surface area contributed by atoms with Crippen molar-refractivity contribution in [3.8, 4) is 0 Å². The molecule has 1 N–H and O–H groups in total. The van der Waals surface area contributed by atoms with Gasteiger partial charge in [0, 0.05) is 43.5 Å². The Morgan fingerprint density at radius 2 is 1.80 bits per heavy atom. The predicted molar refractivity (Wildman–Crippen MR) is 123 cm³/mol. The number of piperazine rings is 1. The summed E-state index contributed by atoms with van der Waals surface area (Å²) < 4.78 is 0. The van der Waals surface area contributed by atoms with Crippen LogP contribution in [0.5, 0.6) is 0 Å². The normalized spacial score (nSPS) is 20.4. The van der Waals surface area contributed by atoms with Gasteiger partial charge in [-0.2, -0.15) is 0 Å². The molecule has 3 aliphatic rings. The highest BCUT2D eigenvalue weighted by Gasteiger charge is 2.28. The van der Waals surface area contributed by atoms with Gasteiger partial charge in [-0.15, -0.1) is 11.3 Å². The molecular weight excluding hydrogens is 394 g/mol. The molecule has 5 rings (SSSR count). The van der Waals surface area contributed by atoms with Crippen molar-refractivity contribution in [2.45, 2.75) is 77.2 Å². The van der Waals surface area contributed by atoms with Crippen molar-refractivity contribution >= 4 is 33.4 Å². The summed E-state index contributed by atoms with van der Waals surface area (Å²) in [5.41, 5.74) is 1.50. The molecule has 1 saturated carbocycles. The number of carbonyl (C=O) groups excluding carboxylic acids is 1. The van der Waals surface area contributed by atoms with Gasteiger partial charge in [0.05, 0.1) is 5.39 Å². The van der Waals surface area contributed by atoms with Gasteiger partial charge in [-0.25, -0.2) is 14.8 Å². The smallest absolute Gasteiger partial charge is 0.317 e. The molecule has 0 aromatic carbocycles. The van der Waals surface area contributed by atoms with Crippen LogP contribution in [0.2, 0.25) is 0 Å². The van der Waals surface area contributed by atoms with Crippen molar-refractivity contribution in [2.75, 3.05) is 31.1 Å². The lowest BCUT2D eigenvalue weighted by Gasteiger charge is -2.37. The summed E-state index contributed by atoms with van der Waals surface area (Å²) in [5, 5.41) is 4.57. The van der Waals surface area contributed by atoms with E-state index in [0.29, 0.717) is 6.04 Å². The van der Waals surface area contributed by atoms with E-state index in [0.717, 1.165) is 63.5 Å². The molecule has 0 unspecified atom stereocenters. The molecule has 6 nitrogen and oxygen atoms in total. The summed E-state index contributed by atoms with van der Waals surface area (Å²) in [5.74, 6) is 2.05. The first-order valence-corrected chi connectivity index (χ1v) is 12.7. The van der Waals surface area contributed by atoms with Crippen LogP contribution in [-0.2, 0) is 19.3 Å². The van der Waals surface area contributed by atoms with Crippen molar-refractivity contribution in [3.05, 3.63) is 16.3 Å². The largest absolute Gasteiger partial charge is 0.352 e. The quantitative estimate of drug-likeness (QED) is 0.793. The van der Waals surface area contributed by atoms with E-state index in [-0.39, 0.29) is 6.03 Å². The van der Waals surface area contributed by atoms with Crippen LogP contribution in [0, 0.1) is 0 Å². The van der Waals surface area contributed by atoms with E-state index < -0.39 is 0 Å². The second kappa shape index (κ2) is 8.69. The van der Waals surface area contributed by atoms with E-state index >= 15 is 0 Å². The monoisotopic (exact) mass is 427 g/mol. The summed E-state index contributed by atoms with van der Waals surface area (Å²) in [6.45, 7) is 5.34. The Bertz CT molecular complexity index is 912. The molecule has 0 radical (unpaired) electrons. The molecule has 1 saturated heterocycles. The molecule has 7 heteroatoms. The fourth-order valence-electron chi connectivity index (χ4n) is 5.20. The van der Waals surface area contributed by atoms with Crippen molar-refractivity contribution in [2.24, 2.45) is 0 Å². The Morgan fingerprint density at radius 1 is 1.03 bits per heavy atom. The first kappa shape index (κ1) is 20.0. The number of rotatable bonds is 3. The van der Waals surface area contributed by atoms with Crippen molar-refractivity contribution in [3.63, 3.8) is 0 Å². The van der Waals surface area contributed by atoms with Gasteiger partial charge >= 0.3 is 6.03 Å². The lowest BCUT2D eigenvalue weighted by Crippen LogP contribution is -2.54. The van der Waals surface area contributed by atoms with E-state index in [9.17, 15) is 4.79 Å². The molecule has 2 aliphatic carbocycles. The van der Waals surface area contributed by atoms with Crippen LogP contribution < -0.4 is 10.2 Å². The van der Waals surface area contributed by atoms with Gasteiger partial charge in [0.2, 0.25) is 0 Å². The number of nitrogens with zero attached hydrogens (tertiary/aromatic N) is 4. The summed E-state index contributed by atoms with van der Waals surface area (Å²) >= 11 is 1.88. The fraction of sp³-hybridized carbons (Fsp3) is 0.696. The van der Waals surface area contributed by atoms with Crippen LogP contribution in [0.25, 0.3) is 10.2 Å². The molecule has 3 heterocycles. The Morgan fingerprint density at radius 3 is 2.57 bits per heavy atom. The van der Waals surface area contributed by atoms with Crippen molar-refractivity contribution in [1.29, 1.82) is 0 Å². The van der Waals surface area contributed by atoms with Crippen molar-refractivity contribution < 1.29 is 4.79 Å². The number of aryl methyl sites for hydroxylation is 3. The minimum atomic E-state index is 0.122. The minimum absolute atomic E-state index is 0.122. The highest BCUT2D eigenvalue weighted by atomic mass is 32.1. The number of hydrogen-bond acceptors (Lipinski definition) is 5. The topological polar surface area (TPSA) is 61.4 Å². The van der Waals surface area contributed by atoms with E-state index in [1.54, 1.807) is 0 Å². The molecule has 1 aliphatic heterocycles. The molecule has 2 amide bonds. The molecule has 2 fully saturated rings.